The van der Waals surface area contributed by atoms with Crippen molar-refractivity contribution in [2.45, 2.75) is 0 Å². The summed E-state index contributed by atoms with van der Waals surface area (Å²) in [4.78, 5) is 0. The van der Waals surface area contributed by atoms with E-state index in [2.05, 4.69) is 0 Å². The standard InChI is InChI=1S/4FH.2H4Si/h4*1H;2*1H4. The van der Waals surface area contributed by atoms with Gasteiger partial charge >= 0.3 is 0 Å². The molecule has 0 unspecified atom stereocenters. The predicted molar refractivity (Wildman–Crippen MR) is 32.7 cm³/mol. The Morgan fingerprint density at radius 2 is 0.333 bits per heavy atom. The van der Waals surface area contributed by atoms with Gasteiger partial charge < -0.3 is 0 Å². The van der Waals surface area contributed by atoms with Crippen LogP contribution in [0.4, 0.5) is 18.8 Å². The van der Waals surface area contributed by atoms with E-state index in [0.717, 1.165) is 0 Å². The molecule has 0 aliphatic heterocycles. The fraction of sp³-hybridized carbons (Fsp3) is 0. The molecule has 0 saturated carbocycles. The third kappa shape index (κ3) is 1750. The van der Waals surface area contributed by atoms with Crippen molar-refractivity contribution in [2.24, 2.45) is 0 Å². The fourth-order valence-electron chi connectivity index (χ4n) is 0. The molecule has 0 radical (unpaired) electrons. The van der Waals surface area contributed by atoms with E-state index in [-0.39, 0.29) is 40.7 Å². The van der Waals surface area contributed by atoms with Crippen molar-refractivity contribution in [2.75, 3.05) is 0 Å². The summed E-state index contributed by atoms with van der Waals surface area (Å²) in [5, 5.41) is 0. The number of hydrogen-bond acceptors (Lipinski definition) is 0. The molecule has 48 valence electrons. The quantitative estimate of drug-likeness (QED) is 0.265. The molecule has 0 aromatic carbocycles. The van der Waals surface area contributed by atoms with Gasteiger partial charge in [0.1, 0.15) is 0 Å². The van der Waals surface area contributed by atoms with Gasteiger partial charge in [0.15, 0.2) is 0 Å². The van der Waals surface area contributed by atoms with Crippen LogP contribution in [0.15, 0.2) is 0 Å². The van der Waals surface area contributed by atoms with E-state index in [9.17, 15) is 0 Å². The molecular formula is H12F4Si2. The predicted octanol–water partition coefficient (Wildman–Crippen LogP) is -2.29. The summed E-state index contributed by atoms with van der Waals surface area (Å²) in [5.41, 5.74) is 0. The second-order valence-electron chi connectivity index (χ2n) is 0. The molecule has 0 amide bonds. The van der Waals surface area contributed by atoms with Gasteiger partial charge in [-0.1, -0.05) is 0 Å². The maximum Gasteiger partial charge on any atom is -0.0149 e. The molecule has 0 atom stereocenters. The van der Waals surface area contributed by atoms with Gasteiger partial charge in [0, 0.05) is 0 Å². The van der Waals surface area contributed by atoms with Crippen LogP contribution in [0.25, 0.3) is 0 Å². The maximum absolute atomic E-state index is 0. The highest BCUT2D eigenvalue weighted by molar-refractivity contribution is 5.76. The lowest BCUT2D eigenvalue weighted by Crippen LogP contribution is -0.382. The summed E-state index contributed by atoms with van der Waals surface area (Å²) in [6.07, 6.45) is 0. The number of hydrogen-bond donors (Lipinski definition) is 0. The summed E-state index contributed by atoms with van der Waals surface area (Å²) < 4.78 is 0. The molecule has 0 aliphatic rings. The first-order chi connectivity index (χ1) is 0. The fourth-order valence-corrected chi connectivity index (χ4v) is 0. The summed E-state index contributed by atoms with van der Waals surface area (Å²) in [6.45, 7) is 0. The zero-order chi connectivity index (χ0) is 0. The van der Waals surface area contributed by atoms with E-state index >= 15 is 0 Å². The topological polar surface area (TPSA) is 0 Å². The molecular weight excluding hydrogens is 132 g/mol. The monoisotopic (exact) mass is 144 g/mol. The van der Waals surface area contributed by atoms with Crippen molar-refractivity contribution in [3.8, 4) is 0 Å². The van der Waals surface area contributed by atoms with Crippen LogP contribution in [0.5, 0.6) is 0 Å². The Bertz CT molecular complexity index is 5.51. The molecule has 0 heterocycles. The zero-order valence-corrected chi connectivity index (χ0v) is 1.63. The van der Waals surface area contributed by atoms with Crippen LogP contribution in [-0.4, -0.2) is 21.9 Å². The Balaban J connectivity index is 0. The molecule has 0 spiro atoms. The minimum Gasteiger partial charge on any atom is -0.269 e. The molecule has 0 nitrogen and oxygen atoms in total. The van der Waals surface area contributed by atoms with Gasteiger partial charge in [0.25, 0.3) is 0 Å². The van der Waals surface area contributed by atoms with Crippen molar-refractivity contribution >= 4 is 21.9 Å². The Morgan fingerprint density at radius 1 is 0.333 bits per heavy atom. The van der Waals surface area contributed by atoms with E-state index in [1.807, 2.05) is 0 Å². The van der Waals surface area contributed by atoms with Crippen LogP contribution in [0, 0.1) is 0 Å². The van der Waals surface area contributed by atoms with E-state index in [1.165, 1.54) is 0 Å². The normalized spacial score (nSPS) is 0. The van der Waals surface area contributed by atoms with E-state index < -0.39 is 0 Å². The third-order valence-electron chi connectivity index (χ3n) is 0. The van der Waals surface area contributed by atoms with Gasteiger partial charge in [0.2, 0.25) is 0 Å². The van der Waals surface area contributed by atoms with Gasteiger partial charge in [-0.25, -0.2) is 0 Å². The van der Waals surface area contributed by atoms with Crippen LogP contribution in [0.3, 0.4) is 0 Å². The second kappa shape index (κ2) is 3760. The molecule has 0 aromatic rings. The SMILES string of the molecule is F.F.F.F.[SiH4].[SiH4]. The third-order valence-corrected chi connectivity index (χ3v) is 0. The highest BCUT2D eigenvalue weighted by Crippen LogP contribution is 0.423. The van der Waals surface area contributed by atoms with Gasteiger partial charge in [-0.15, -0.1) is 0 Å². The minimum absolute atomic E-state index is 0. The highest BCUT2D eigenvalue weighted by Gasteiger charge is -0.0138. The summed E-state index contributed by atoms with van der Waals surface area (Å²) >= 11 is 0. The average molecular weight is 144 g/mol. The van der Waals surface area contributed by atoms with Crippen molar-refractivity contribution in [1.82, 2.24) is 0 Å². The zero-order valence-electron chi connectivity index (χ0n) is 1.63. The van der Waals surface area contributed by atoms with E-state index in [4.69, 9.17) is 0 Å². The first kappa shape index (κ1) is 6910. The lowest BCUT2D eigenvalue weighted by Gasteiger charge is -0.270. The van der Waals surface area contributed by atoms with Gasteiger partial charge in [-0.3, -0.25) is 18.8 Å². The van der Waals surface area contributed by atoms with Crippen LogP contribution in [-0.2, 0) is 0 Å². The lowest BCUT2D eigenvalue weighted by atomic mass is 19.0. The molecule has 0 fully saturated rings. The molecule has 0 bridgehead atoms. The Labute approximate surface area is 41.8 Å². The van der Waals surface area contributed by atoms with Gasteiger partial charge in [-0.2, -0.15) is 0 Å². The van der Waals surface area contributed by atoms with Crippen molar-refractivity contribution in [3.05, 3.63) is 0 Å². The Hall–Kier alpha value is 0.154. The second-order valence-corrected chi connectivity index (χ2v) is 0. The van der Waals surface area contributed by atoms with E-state index in [1.54, 1.807) is 0 Å². The Kier molecular flexibility index (Phi) is 4330000. The van der Waals surface area contributed by atoms with E-state index in [0.29, 0.717) is 0 Å². The molecule has 6 heteroatoms. The van der Waals surface area contributed by atoms with Crippen molar-refractivity contribution in [3.63, 3.8) is 0 Å². The lowest BCUT2D eigenvalue weighted by molar-refractivity contribution is 1.11. The van der Waals surface area contributed by atoms with Crippen LogP contribution < -0.4 is 0 Å². The van der Waals surface area contributed by atoms with Crippen molar-refractivity contribution < 1.29 is 18.8 Å². The molecule has 0 rings (SSSR count). The van der Waals surface area contributed by atoms with Crippen molar-refractivity contribution in [1.29, 1.82) is 0 Å². The smallest absolute Gasteiger partial charge is 0.0149 e. The number of rotatable bonds is 0. The average Bonchev–Trinajstić information content (AvgIpc) is 0. The van der Waals surface area contributed by atoms with Gasteiger partial charge in [-0.05, 0) is 21.9 Å². The van der Waals surface area contributed by atoms with Gasteiger partial charge in [0.05, 0.1) is 0 Å². The van der Waals surface area contributed by atoms with Crippen LogP contribution in [0.2, 0.25) is 0 Å². The number of halogens is 4. The maximum atomic E-state index is 0. The molecule has 0 N–H and O–H groups in total. The molecule has 0 aliphatic carbocycles. The first-order valence-corrected chi connectivity index (χ1v) is 0. The summed E-state index contributed by atoms with van der Waals surface area (Å²) in [6, 6.07) is 0. The van der Waals surface area contributed by atoms with Crippen LogP contribution in [0.1, 0.15) is 0 Å². The Morgan fingerprint density at radius 3 is 0.333 bits per heavy atom. The summed E-state index contributed by atoms with van der Waals surface area (Å²) in [5.74, 6) is 0. The first-order valence-electron chi connectivity index (χ1n) is 0. The largest absolute Gasteiger partial charge is 0.269 e. The summed E-state index contributed by atoms with van der Waals surface area (Å²) in [7, 11) is 0. The van der Waals surface area contributed by atoms with Crippen LogP contribution >= 0.6 is 0 Å². The molecule has 0 aromatic heterocycles. The molecule has 0 saturated heterocycles. The highest BCUT2D eigenvalue weighted by atomic mass is 28.1. The minimum atomic E-state index is 0. The molecule has 6 heavy (non-hydrogen) atoms.